The van der Waals surface area contributed by atoms with E-state index in [1.165, 1.54) is 4.88 Å². The van der Waals surface area contributed by atoms with Crippen LogP contribution in [0, 0.1) is 0 Å². The van der Waals surface area contributed by atoms with E-state index in [-0.39, 0.29) is 11.4 Å². The van der Waals surface area contributed by atoms with Gasteiger partial charge in [0, 0.05) is 0 Å². The van der Waals surface area contributed by atoms with Crippen LogP contribution in [0.1, 0.15) is 10.3 Å². The average Bonchev–Trinajstić information content (AvgIpc) is 2.75. The Morgan fingerprint density at radius 1 is 1.69 bits per heavy atom. The van der Waals surface area contributed by atoms with E-state index >= 15 is 0 Å². The van der Waals surface area contributed by atoms with Crippen molar-refractivity contribution in [2.45, 2.75) is 11.4 Å². The van der Waals surface area contributed by atoms with Crippen LogP contribution in [-0.2, 0) is 4.79 Å². The van der Waals surface area contributed by atoms with Gasteiger partial charge in [-0.2, -0.15) is 0 Å². The van der Waals surface area contributed by atoms with E-state index in [9.17, 15) is 9.90 Å². The molecule has 2 N–H and O–H groups in total. The molecule has 1 aromatic rings. The van der Waals surface area contributed by atoms with Gasteiger partial charge in [0.15, 0.2) is 5.37 Å². The number of hydrogen-bond acceptors (Lipinski definition) is 4. The van der Waals surface area contributed by atoms with Crippen LogP contribution in [-0.4, -0.2) is 17.8 Å². The maximum Gasteiger partial charge on any atom is 0.168 e. The van der Waals surface area contributed by atoms with Gasteiger partial charge in [-0.1, -0.05) is 17.8 Å². The summed E-state index contributed by atoms with van der Waals surface area (Å²) in [7, 11) is 0. The van der Waals surface area contributed by atoms with Crippen molar-refractivity contribution in [1.82, 2.24) is 0 Å². The molecule has 1 aromatic heterocycles. The first kappa shape index (κ1) is 9.05. The van der Waals surface area contributed by atoms with E-state index in [4.69, 9.17) is 0 Å². The number of quaternary nitrogens is 1. The van der Waals surface area contributed by atoms with E-state index in [1.807, 2.05) is 22.8 Å². The van der Waals surface area contributed by atoms with Gasteiger partial charge in [-0.15, -0.1) is 11.3 Å². The van der Waals surface area contributed by atoms with Crippen molar-refractivity contribution in [3.8, 4) is 0 Å². The van der Waals surface area contributed by atoms with E-state index in [0.717, 1.165) is 0 Å². The second kappa shape index (κ2) is 3.69. The molecule has 5 heteroatoms. The lowest BCUT2D eigenvalue weighted by atomic mass is 10.3. The quantitative estimate of drug-likeness (QED) is 0.701. The lowest BCUT2D eigenvalue weighted by molar-refractivity contribution is -0.689. The minimum atomic E-state index is -0.952. The number of carbonyl (C=O) groups excluding carboxylic acids is 1. The number of carboxylic acids is 1. The normalized spacial score (nSPS) is 27.7. The summed E-state index contributed by atoms with van der Waals surface area (Å²) < 4.78 is 0. The van der Waals surface area contributed by atoms with Gasteiger partial charge in [0.05, 0.1) is 10.6 Å². The number of aliphatic carboxylic acids is 1. The number of carboxylic acid groups (broad SMARTS) is 1. The third-order valence-electron chi connectivity index (χ3n) is 1.99. The van der Waals surface area contributed by atoms with Crippen molar-refractivity contribution in [1.29, 1.82) is 0 Å². The minimum Gasteiger partial charge on any atom is -0.544 e. The Morgan fingerprint density at radius 2 is 2.54 bits per heavy atom. The summed E-state index contributed by atoms with van der Waals surface area (Å²) in [5, 5.41) is 14.7. The molecule has 70 valence electrons. The van der Waals surface area contributed by atoms with E-state index in [0.29, 0.717) is 5.75 Å². The third kappa shape index (κ3) is 1.87. The number of carbonyl (C=O) groups is 1. The Morgan fingerprint density at radius 3 is 3.08 bits per heavy atom. The minimum absolute atomic E-state index is 0.253. The lowest BCUT2D eigenvalue weighted by Crippen LogP contribution is -2.90. The molecule has 0 aromatic carbocycles. The van der Waals surface area contributed by atoms with E-state index in [2.05, 4.69) is 0 Å². The van der Waals surface area contributed by atoms with E-state index in [1.54, 1.807) is 23.1 Å². The topological polar surface area (TPSA) is 56.7 Å². The van der Waals surface area contributed by atoms with Crippen LogP contribution in [0.4, 0.5) is 0 Å². The fourth-order valence-corrected chi connectivity index (χ4v) is 3.57. The highest BCUT2D eigenvalue weighted by molar-refractivity contribution is 7.99. The molecule has 1 aliphatic rings. The van der Waals surface area contributed by atoms with Crippen molar-refractivity contribution < 1.29 is 15.2 Å². The molecule has 0 bridgehead atoms. The Hall–Kier alpha value is -0.520. The van der Waals surface area contributed by atoms with Gasteiger partial charge >= 0.3 is 0 Å². The highest BCUT2D eigenvalue weighted by Crippen LogP contribution is 2.29. The van der Waals surface area contributed by atoms with Crippen molar-refractivity contribution in [3.05, 3.63) is 22.4 Å². The first-order chi connectivity index (χ1) is 6.27. The summed E-state index contributed by atoms with van der Waals surface area (Å²) in [6.45, 7) is 0. The number of nitrogens with two attached hydrogens (primary N) is 1. The Balaban J connectivity index is 2.03. The summed E-state index contributed by atoms with van der Waals surface area (Å²) in [6, 6.07) is 3.65. The second-order valence-electron chi connectivity index (χ2n) is 2.89. The Kier molecular flexibility index (Phi) is 2.57. The summed E-state index contributed by atoms with van der Waals surface area (Å²) >= 11 is 3.34. The number of thiophene rings is 1. The molecular weight excluding hydrogens is 206 g/mol. The first-order valence-electron chi connectivity index (χ1n) is 3.98. The molecule has 2 unspecified atom stereocenters. The van der Waals surface area contributed by atoms with Gasteiger partial charge in [0.25, 0.3) is 0 Å². The SMILES string of the molecule is O=C([O-])C1CSC(c2cccs2)[NH2+]1. The molecule has 1 saturated heterocycles. The van der Waals surface area contributed by atoms with Crippen LogP contribution in [0.15, 0.2) is 17.5 Å². The van der Waals surface area contributed by atoms with Crippen LogP contribution >= 0.6 is 23.1 Å². The fourth-order valence-electron chi connectivity index (χ4n) is 1.31. The zero-order chi connectivity index (χ0) is 9.26. The van der Waals surface area contributed by atoms with Gasteiger partial charge < -0.3 is 15.2 Å². The third-order valence-corrected chi connectivity index (χ3v) is 4.42. The summed E-state index contributed by atoms with van der Waals surface area (Å²) in [6.07, 6.45) is 0. The molecule has 0 aliphatic carbocycles. The van der Waals surface area contributed by atoms with Gasteiger partial charge in [-0.3, -0.25) is 0 Å². The van der Waals surface area contributed by atoms with Gasteiger partial charge in [0.1, 0.15) is 12.0 Å². The summed E-state index contributed by atoms with van der Waals surface area (Å²) in [4.78, 5) is 11.8. The molecule has 2 rings (SSSR count). The molecule has 2 heterocycles. The molecule has 0 saturated carbocycles. The maximum atomic E-state index is 10.6. The second-order valence-corrected chi connectivity index (χ2v) is 5.04. The molecule has 1 aliphatic heterocycles. The Bertz CT molecular complexity index is 299. The highest BCUT2D eigenvalue weighted by atomic mass is 32.2. The summed E-state index contributed by atoms with van der Waals surface area (Å²) in [5.41, 5.74) is 0. The standard InChI is InChI=1S/C8H9NO2S2/c10-8(11)5-4-13-7(9-5)6-2-1-3-12-6/h1-3,5,7,9H,4H2,(H,10,11). The highest BCUT2D eigenvalue weighted by Gasteiger charge is 2.31. The molecular formula is C8H9NO2S2. The monoisotopic (exact) mass is 215 g/mol. The smallest absolute Gasteiger partial charge is 0.168 e. The maximum absolute atomic E-state index is 10.6. The number of thioether (sulfide) groups is 1. The van der Waals surface area contributed by atoms with E-state index < -0.39 is 5.97 Å². The van der Waals surface area contributed by atoms with Gasteiger partial charge in [-0.05, 0) is 11.4 Å². The lowest BCUT2D eigenvalue weighted by Gasteiger charge is -2.08. The molecule has 2 atom stereocenters. The van der Waals surface area contributed by atoms with Gasteiger partial charge in [0.2, 0.25) is 0 Å². The molecule has 0 amide bonds. The zero-order valence-corrected chi connectivity index (χ0v) is 8.44. The van der Waals surface area contributed by atoms with Crippen LogP contribution < -0.4 is 10.4 Å². The fraction of sp³-hybridized carbons (Fsp3) is 0.375. The Labute approximate surface area is 84.2 Å². The van der Waals surface area contributed by atoms with Crippen LogP contribution in [0.2, 0.25) is 0 Å². The predicted octanol–water partition coefficient (Wildman–Crippen LogP) is -0.825. The zero-order valence-electron chi connectivity index (χ0n) is 6.80. The first-order valence-corrected chi connectivity index (χ1v) is 5.91. The molecule has 13 heavy (non-hydrogen) atoms. The van der Waals surface area contributed by atoms with Crippen molar-refractivity contribution in [2.24, 2.45) is 0 Å². The van der Waals surface area contributed by atoms with Crippen molar-refractivity contribution >= 4 is 29.1 Å². The largest absolute Gasteiger partial charge is 0.544 e. The van der Waals surface area contributed by atoms with Crippen LogP contribution in [0.3, 0.4) is 0 Å². The van der Waals surface area contributed by atoms with Crippen LogP contribution in [0.5, 0.6) is 0 Å². The molecule has 0 radical (unpaired) electrons. The predicted molar refractivity (Wildman–Crippen MR) is 50.2 cm³/mol. The van der Waals surface area contributed by atoms with Crippen molar-refractivity contribution in [3.63, 3.8) is 0 Å². The van der Waals surface area contributed by atoms with Crippen molar-refractivity contribution in [2.75, 3.05) is 5.75 Å². The summed E-state index contributed by atoms with van der Waals surface area (Å²) in [5.74, 6) is -0.309. The van der Waals surface area contributed by atoms with Crippen LogP contribution in [0.25, 0.3) is 0 Å². The molecule has 3 nitrogen and oxygen atoms in total. The average molecular weight is 215 g/mol. The molecule has 0 spiro atoms. The number of rotatable bonds is 2. The van der Waals surface area contributed by atoms with Gasteiger partial charge in [-0.25, -0.2) is 0 Å². The number of hydrogen-bond donors (Lipinski definition) is 1. The molecule has 1 fully saturated rings.